The first-order valence-electron chi connectivity index (χ1n) is 9.35. The summed E-state index contributed by atoms with van der Waals surface area (Å²) in [6.07, 6.45) is 2.35. The average molecular weight is 415 g/mol. The van der Waals surface area contributed by atoms with Gasteiger partial charge in [0.2, 0.25) is 0 Å². The Morgan fingerprint density at radius 3 is 2.00 bits per heavy atom. The van der Waals surface area contributed by atoms with Crippen molar-refractivity contribution in [1.82, 2.24) is 0 Å². The smallest absolute Gasteiger partial charge is 0.277 e. The van der Waals surface area contributed by atoms with Crippen LogP contribution < -0.4 is 9.80 Å². The van der Waals surface area contributed by atoms with E-state index in [2.05, 4.69) is 11.8 Å². The molecule has 0 unspecified atom stereocenters. The molecule has 1 fully saturated rings. The van der Waals surface area contributed by atoms with Gasteiger partial charge < -0.3 is 4.90 Å². The number of halogens is 2. The van der Waals surface area contributed by atoms with Crippen molar-refractivity contribution >= 4 is 52.0 Å². The van der Waals surface area contributed by atoms with Crippen LogP contribution in [0, 0.1) is 5.92 Å². The summed E-state index contributed by atoms with van der Waals surface area (Å²) < 4.78 is 0. The molecular formula is C22H20Cl2N2O2. The van der Waals surface area contributed by atoms with Gasteiger partial charge in [0, 0.05) is 23.8 Å². The van der Waals surface area contributed by atoms with Crippen molar-refractivity contribution in [3.63, 3.8) is 0 Å². The van der Waals surface area contributed by atoms with E-state index in [1.807, 2.05) is 12.1 Å². The third-order valence-electron chi connectivity index (χ3n) is 5.42. The lowest BCUT2D eigenvalue weighted by Crippen LogP contribution is -2.33. The molecule has 1 saturated heterocycles. The molecule has 2 heterocycles. The van der Waals surface area contributed by atoms with Crippen molar-refractivity contribution in [2.75, 3.05) is 22.9 Å². The molecule has 0 radical (unpaired) electrons. The number of carbonyl (C=O) groups excluding carboxylic acids is 2. The summed E-state index contributed by atoms with van der Waals surface area (Å²) in [4.78, 5) is 29.1. The second-order valence-electron chi connectivity index (χ2n) is 7.33. The molecule has 2 aromatic carbocycles. The van der Waals surface area contributed by atoms with E-state index < -0.39 is 11.8 Å². The van der Waals surface area contributed by atoms with E-state index >= 15 is 0 Å². The molecule has 2 amide bonds. The van der Waals surface area contributed by atoms with E-state index in [-0.39, 0.29) is 10.6 Å². The summed E-state index contributed by atoms with van der Waals surface area (Å²) in [5.74, 6) is -0.164. The zero-order chi connectivity index (χ0) is 19.8. The molecule has 28 heavy (non-hydrogen) atoms. The number of hydrogen-bond acceptors (Lipinski definition) is 3. The average Bonchev–Trinajstić information content (AvgIpc) is 2.92. The maximum atomic E-state index is 13.0. The Kier molecular flexibility index (Phi) is 5.17. The summed E-state index contributed by atoms with van der Waals surface area (Å²) in [6.45, 7) is 4.33. The van der Waals surface area contributed by atoms with Gasteiger partial charge in [-0.15, -0.1) is 0 Å². The number of hydrogen-bond donors (Lipinski definition) is 0. The SMILES string of the molecule is CC1CCN(c2ccc(N3C(=O)C(Cl)=C(c4ccc(Cl)cc4)C3=O)cc2)CC1. The Bertz CT molecular complexity index is 944. The Hall–Kier alpha value is -2.30. The first-order valence-corrected chi connectivity index (χ1v) is 10.1. The number of benzene rings is 2. The predicted octanol–water partition coefficient (Wildman–Crippen LogP) is 5.10. The van der Waals surface area contributed by atoms with Crippen molar-refractivity contribution in [3.05, 3.63) is 64.1 Å². The van der Waals surface area contributed by atoms with Crippen molar-refractivity contribution in [3.8, 4) is 0 Å². The van der Waals surface area contributed by atoms with E-state index in [1.54, 1.807) is 36.4 Å². The molecule has 0 aromatic heterocycles. The lowest BCUT2D eigenvalue weighted by atomic mass is 9.99. The van der Waals surface area contributed by atoms with E-state index in [0.717, 1.165) is 29.6 Å². The van der Waals surface area contributed by atoms with Gasteiger partial charge in [-0.2, -0.15) is 0 Å². The zero-order valence-corrected chi connectivity index (χ0v) is 17.0. The maximum absolute atomic E-state index is 13.0. The molecule has 0 spiro atoms. The molecule has 0 bridgehead atoms. The second-order valence-corrected chi connectivity index (χ2v) is 8.14. The van der Waals surface area contributed by atoms with E-state index in [1.165, 1.54) is 12.8 Å². The Balaban J connectivity index is 1.57. The van der Waals surface area contributed by atoms with Crippen LogP contribution in [-0.2, 0) is 9.59 Å². The number of amides is 2. The molecule has 0 N–H and O–H groups in total. The molecule has 2 aliphatic heterocycles. The highest BCUT2D eigenvalue weighted by Crippen LogP contribution is 2.36. The fourth-order valence-electron chi connectivity index (χ4n) is 3.68. The van der Waals surface area contributed by atoms with Crippen molar-refractivity contribution in [1.29, 1.82) is 0 Å². The lowest BCUT2D eigenvalue weighted by Gasteiger charge is -2.32. The lowest BCUT2D eigenvalue weighted by molar-refractivity contribution is -0.119. The van der Waals surface area contributed by atoms with E-state index in [9.17, 15) is 9.59 Å². The highest BCUT2D eigenvalue weighted by Gasteiger charge is 2.39. The van der Waals surface area contributed by atoms with Crippen molar-refractivity contribution in [2.24, 2.45) is 5.92 Å². The fraction of sp³-hybridized carbons (Fsp3) is 0.273. The van der Waals surface area contributed by atoms with Gasteiger partial charge in [0.25, 0.3) is 11.8 Å². The number of carbonyl (C=O) groups is 2. The summed E-state index contributed by atoms with van der Waals surface area (Å²) in [5.41, 5.74) is 2.41. The summed E-state index contributed by atoms with van der Waals surface area (Å²) in [7, 11) is 0. The molecular weight excluding hydrogens is 395 g/mol. The standard InChI is InChI=1S/C22H20Cl2N2O2/c1-14-10-12-25(13-11-14)17-6-8-18(9-7-17)26-21(27)19(20(24)22(26)28)15-2-4-16(23)5-3-15/h2-9,14H,10-13H2,1H3. The number of anilines is 2. The van der Waals surface area contributed by atoms with Crippen LogP contribution in [0.3, 0.4) is 0 Å². The third kappa shape index (κ3) is 3.43. The van der Waals surface area contributed by atoms with Gasteiger partial charge in [0.15, 0.2) is 0 Å². The second kappa shape index (κ2) is 7.61. The van der Waals surface area contributed by atoms with Gasteiger partial charge in [-0.25, -0.2) is 4.90 Å². The summed E-state index contributed by atoms with van der Waals surface area (Å²) >= 11 is 12.2. The minimum Gasteiger partial charge on any atom is -0.372 e. The van der Waals surface area contributed by atoms with Crippen LogP contribution >= 0.6 is 23.2 Å². The normalized spacial score (nSPS) is 18.4. The Labute approximate surface area is 174 Å². The van der Waals surface area contributed by atoms with Crippen molar-refractivity contribution in [2.45, 2.75) is 19.8 Å². The molecule has 144 valence electrons. The maximum Gasteiger partial charge on any atom is 0.277 e. The van der Waals surface area contributed by atoms with Gasteiger partial charge >= 0.3 is 0 Å². The zero-order valence-electron chi connectivity index (χ0n) is 15.5. The molecule has 2 aromatic rings. The minimum atomic E-state index is -0.504. The molecule has 0 atom stereocenters. The molecule has 4 rings (SSSR count). The number of rotatable bonds is 3. The third-order valence-corrected chi connectivity index (χ3v) is 6.02. The Morgan fingerprint density at radius 1 is 0.821 bits per heavy atom. The molecule has 0 aliphatic carbocycles. The van der Waals surface area contributed by atoms with Crippen LogP contribution in [0.15, 0.2) is 53.6 Å². The van der Waals surface area contributed by atoms with E-state index in [0.29, 0.717) is 16.3 Å². The fourth-order valence-corrected chi connectivity index (χ4v) is 4.08. The van der Waals surface area contributed by atoms with Crippen LogP contribution in [0.5, 0.6) is 0 Å². The molecule has 2 aliphatic rings. The van der Waals surface area contributed by atoms with Crippen LogP contribution in [-0.4, -0.2) is 24.9 Å². The largest absolute Gasteiger partial charge is 0.372 e. The number of piperidine rings is 1. The van der Waals surface area contributed by atoms with Crippen LogP contribution in [0.1, 0.15) is 25.3 Å². The van der Waals surface area contributed by atoms with Gasteiger partial charge in [0.05, 0.1) is 11.3 Å². The first kappa shape index (κ1) is 19.0. The topological polar surface area (TPSA) is 40.6 Å². The molecule has 4 nitrogen and oxygen atoms in total. The monoisotopic (exact) mass is 414 g/mol. The highest BCUT2D eigenvalue weighted by molar-refractivity contribution is 6.60. The van der Waals surface area contributed by atoms with Crippen LogP contribution in [0.25, 0.3) is 5.57 Å². The van der Waals surface area contributed by atoms with Gasteiger partial charge in [0.1, 0.15) is 5.03 Å². The predicted molar refractivity (Wildman–Crippen MR) is 114 cm³/mol. The van der Waals surface area contributed by atoms with Gasteiger partial charge in [-0.1, -0.05) is 42.3 Å². The summed E-state index contributed by atoms with van der Waals surface area (Å²) in [6, 6.07) is 14.2. The minimum absolute atomic E-state index is 0.0681. The van der Waals surface area contributed by atoms with Gasteiger partial charge in [-0.3, -0.25) is 9.59 Å². The van der Waals surface area contributed by atoms with Crippen LogP contribution in [0.4, 0.5) is 11.4 Å². The molecule has 0 saturated carbocycles. The first-order chi connectivity index (χ1) is 13.5. The van der Waals surface area contributed by atoms with Gasteiger partial charge in [-0.05, 0) is 60.7 Å². The number of nitrogens with zero attached hydrogens (tertiary/aromatic N) is 2. The highest BCUT2D eigenvalue weighted by atomic mass is 35.5. The summed E-state index contributed by atoms with van der Waals surface area (Å²) in [5, 5.41) is 0.484. The van der Waals surface area contributed by atoms with E-state index in [4.69, 9.17) is 23.2 Å². The number of imide groups is 1. The molecule has 6 heteroatoms. The van der Waals surface area contributed by atoms with Crippen LogP contribution in [0.2, 0.25) is 5.02 Å². The van der Waals surface area contributed by atoms with Crippen molar-refractivity contribution < 1.29 is 9.59 Å². The Morgan fingerprint density at radius 2 is 1.39 bits per heavy atom. The quantitative estimate of drug-likeness (QED) is 0.655.